The van der Waals surface area contributed by atoms with Crippen LogP contribution >= 0.6 is 31.9 Å². The van der Waals surface area contributed by atoms with E-state index in [2.05, 4.69) is 105 Å². The van der Waals surface area contributed by atoms with Crippen molar-refractivity contribution in [3.8, 4) is 33.4 Å². The second kappa shape index (κ2) is 6.17. The lowest BCUT2D eigenvalue weighted by Crippen LogP contribution is -1.86. The Morgan fingerprint density at radius 1 is 0.429 bits per heavy atom. The highest BCUT2D eigenvalue weighted by molar-refractivity contribution is 9.10. The van der Waals surface area contributed by atoms with Crippen LogP contribution in [0.1, 0.15) is 22.3 Å². The molecule has 0 heterocycles. The standard InChI is InChI=1S/C26H16Br2/c27-21-3-7-25-19(13-21)11-17-9-15(1-5-23(17)25)16-2-6-24-18(10-16)12-20-14-22(28)4-8-26(20)24/h1-10,13-14H,11-12H2. The summed E-state index contributed by atoms with van der Waals surface area (Å²) in [5.74, 6) is 0. The van der Waals surface area contributed by atoms with E-state index in [1.165, 1.54) is 55.6 Å². The van der Waals surface area contributed by atoms with Crippen molar-refractivity contribution >= 4 is 31.9 Å². The third kappa shape index (κ3) is 2.55. The molecule has 28 heavy (non-hydrogen) atoms. The van der Waals surface area contributed by atoms with Crippen molar-refractivity contribution in [3.63, 3.8) is 0 Å². The summed E-state index contributed by atoms with van der Waals surface area (Å²) in [4.78, 5) is 0. The smallest absolute Gasteiger partial charge is 0.0178 e. The lowest BCUT2D eigenvalue weighted by atomic mass is 9.96. The Balaban J connectivity index is 1.40. The Morgan fingerprint density at radius 3 is 1.21 bits per heavy atom. The summed E-state index contributed by atoms with van der Waals surface area (Å²) in [6, 6.07) is 27.1. The molecule has 0 fully saturated rings. The van der Waals surface area contributed by atoms with Crippen molar-refractivity contribution in [3.05, 3.63) is 104 Å². The van der Waals surface area contributed by atoms with E-state index < -0.39 is 0 Å². The van der Waals surface area contributed by atoms with Crippen molar-refractivity contribution < 1.29 is 0 Å². The number of hydrogen-bond donors (Lipinski definition) is 0. The molecule has 0 spiro atoms. The Bertz CT molecular complexity index is 1180. The normalized spacial score (nSPS) is 13.1. The minimum atomic E-state index is 1.02. The lowest BCUT2D eigenvalue weighted by molar-refractivity contribution is 1.25. The maximum atomic E-state index is 3.60. The van der Waals surface area contributed by atoms with Gasteiger partial charge in [0, 0.05) is 8.95 Å². The molecule has 2 aliphatic rings. The molecule has 0 N–H and O–H groups in total. The summed E-state index contributed by atoms with van der Waals surface area (Å²) in [5.41, 5.74) is 13.8. The van der Waals surface area contributed by atoms with Gasteiger partial charge in [0.15, 0.2) is 0 Å². The zero-order chi connectivity index (χ0) is 18.8. The fourth-order valence-corrected chi connectivity index (χ4v) is 5.53. The van der Waals surface area contributed by atoms with Crippen molar-refractivity contribution in [2.75, 3.05) is 0 Å². The van der Waals surface area contributed by atoms with Crippen LogP contribution in [-0.4, -0.2) is 0 Å². The molecule has 0 bridgehead atoms. The van der Waals surface area contributed by atoms with Gasteiger partial charge in [0.25, 0.3) is 0 Å². The molecule has 2 aliphatic carbocycles. The third-order valence-corrected chi connectivity index (χ3v) is 7.01. The molecule has 0 atom stereocenters. The van der Waals surface area contributed by atoms with Crippen molar-refractivity contribution in [2.24, 2.45) is 0 Å². The average molecular weight is 488 g/mol. The number of rotatable bonds is 1. The summed E-state index contributed by atoms with van der Waals surface area (Å²) >= 11 is 7.21. The topological polar surface area (TPSA) is 0 Å². The Hall–Kier alpha value is -2.16. The van der Waals surface area contributed by atoms with Crippen molar-refractivity contribution in [1.29, 1.82) is 0 Å². The molecule has 0 radical (unpaired) electrons. The van der Waals surface area contributed by atoms with Gasteiger partial charge in [0.2, 0.25) is 0 Å². The SMILES string of the molecule is Brc1ccc2c(c1)Cc1cc(-c3ccc4c(c3)Cc3cc(Br)ccc3-4)ccc1-2. The van der Waals surface area contributed by atoms with Crippen LogP contribution < -0.4 is 0 Å². The van der Waals surface area contributed by atoms with E-state index in [4.69, 9.17) is 0 Å². The summed E-state index contributed by atoms with van der Waals surface area (Å²) in [5, 5.41) is 0. The van der Waals surface area contributed by atoms with E-state index >= 15 is 0 Å². The second-order valence-electron chi connectivity index (χ2n) is 7.70. The van der Waals surface area contributed by atoms with E-state index in [1.807, 2.05) is 0 Å². The summed E-state index contributed by atoms with van der Waals surface area (Å²) in [7, 11) is 0. The van der Waals surface area contributed by atoms with Crippen LogP contribution in [0.15, 0.2) is 81.7 Å². The van der Waals surface area contributed by atoms with E-state index in [9.17, 15) is 0 Å². The first-order chi connectivity index (χ1) is 13.7. The van der Waals surface area contributed by atoms with Gasteiger partial charge >= 0.3 is 0 Å². The van der Waals surface area contributed by atoms with Gasteiger partial charge in [0.05, 0.1) is 0 Å². The molecule has 0 aromatic heterocycles. The van der Waals surface area contributed by atoms with E-state index in [0.29, 0.717) is 0 Å². The van der Waals surface area contributed by atoms with Crippen molar-refractivity contribution in [2.45, 2.75) is 12.8 Å². The maximum absolute atomic E-state index is 3.60. The Labute approximate surface area is 181 Å². The summed E-state index contributed by atoms with van der Waals surface area (Å²) in [6.07, 6.45) is 2.03. The largest absolute Gasteiger partial charge is 0.0537 e. The van der Waals surface area contributed by atoms with Gasteiger partial charge in [0.1, 0.15) is 0 Å². The first kappa shape index (κ1) is 16.8. The van der Waals surface area contributed by atoms with Crippen LogP contribution in [0.25, 0.3) is 33.4 Å². The quantitative estimate of drug-likeness (QED) is 0.220. The summed E-state index contributed by atoms with van der Waals surface area (Å²) in [6.45, 7) is 0. The number of fused-ring (bicyclic) bond motifs is 6. The molecule has 134 valence electrons. The number of benzene rings is 4. The minimum absolute atomic E-state index is 1.02. The van der Waals surface area contributed by atoms with Gasteiger partial charge in [-0.2, -0.15) is 0 Å². The molecule has 2 heteroatoms. The number of hydrogen-bond acceptors (Lipinski definition) is 0. The fourth-order valence-electron chi connectivity index (χ4n) is 4.72. The molecular formula is C26H16Br2. The average Bonchev–Trinajstić information content (AvgIpc) is 3.23. The predicted octanol–water partition coefficient (Wildman–Crippen LogP) is 8.02. The predicted molar refractivity (Wildman–Crippen MR) is 124 cm³/mol. The zero-order valence-electron chi connectivity index (χ0n) is 15.1. The van der Waals surface area contributed by atoms with Crippen molar-refractivity contribution in [1.82, 2.24) is 0 Å². The van der Waals surface area contributed by atoms with Crippen LogP contribution in [0, 0.1) is 0 Å². The highest BCUT2D eigenvalue weighted by Gasteiger charge is 2.21. The molecule has 0 aliphatic heterocycles. The van der Waals surface area contributed by atoms with Gasteiger partial charge in [-0.15, -0.1) is 0 Å². The first-order valence-electron chi connectivity index (χ1n) is 9.49. The third-order valence-electron chi connectivity index (χ3n) is 6.02. The molecular weight excluding hydrogens is 472 g/mol. The van der Waals surface area contributed by atoms with Gasteiger partial charge < -0.3 is 0 Å². The highest BCUT2D eigenvalue weighted by atomic mass is 79.9. The highest BCUT2D eigenvalue weighted by Crippen LogP contribution is 2.42. The van der Waals surface area contributed by atoms with E-state index in [0.717, 1.165) is 21.8 Å². The molecule has 0 nitrogen and oxygen atoms in total. The molecule has 0 saturated heterocycles. The van der Waals surface area contributed by atoms with Gasteiger partial charge in [-0.25, -0.2) is 0 Å². The van der Waals surface area contributed by atoms with Crippen LogP contribution in [0.2, 0.25) is 0 Å². The zero-order valence-corrected chi connectivity index (χ0v) is 18.3. The lowest BCUT2D eigenvalue weighted by Gasteiger charge is -2.08. The molecule has 0 unspecified atom stereocenters. The molecule has 6 rings (SSSR count). The Morgan fingerprint density at radius 2 is 0.786 bits per heavy atom. The second-order valence-corrected chi connectivity index (χ2v) is 9.53. The van der Waals surface area contributed by atoms with Gasteiger partial charge in [-0.1, -0.05) is 80.4 Å². The maximum Gasteiger partial charge on any atom is 0.0178 e. The molecule has 0 saturated carbocycles. The Kier molecular flexibility index (Phi) is 3.69. The first-order valence-corrected chi connectivity index (χ1v) is 11.1. The van der Waals surface area contributed by atoms with E-state index in [1.54, 1.807) is 0 Å². The van der Waals surface area contributed by atoms with Crippen LogP contribution in [0.5, 0.6) is 0 Å². The minimum Gasteiger partial charge on any atom is -0.0537 e. The fraction of sp³-hybridized carbons (Fsp3) is 0.0769. The van der Waals surface area contributed by atoms with E-state index in [-0.39, 0.29) is 0 Å². The molecule has 4 aromatic carbocycles. The van der Waals surface area contributed by atoms with Crippen LogP contribution in [0.3, 0.4) is 0 Å². The van der Waals surface area contributed by atoms with Gasteiger partial charge in [-0.05, 0) is 92.7 Å². The van der Waals surface area contributed by atoms with Crippen LogP contribution in [0.4, 0.5) is 0 Å². The van der Waals surface area contributed by atoms with Gasteiger partial charge in [-0.3, -0.25) is 0 Å². The monoisotopic (exact) mass is 486 g/mol. The summed E-state index contributed by atoms with van der Waals surface area (Å²) < 4.78 is 2.31. The molecule has 0 amide bonds. The molecule has 4 aromatic rings. The number of halogens is 2. The van der Waals surface area contributed by atoms with Crippen LogP contribution in [-0.2, 0) is 12.8 Å².